The van der Waals surface area contributed by atoms with E-state index in [9.17, 15) is 4.79 Å². The molecule has 1 aromatic carbocycles. The topological polar surface area (TPSA) is 55.6 Å². The zero-order valence-electron chi connectivity index (χ0n) is 10.8. The number of nitrogen functional groups attached to an aromatic ring is 1. The number of ether oxygens (including phenoxy) is 1. The van der Waals surface area contributed by atoms with Crippen LogP contribution in [0, 0.1) is 0 Å². The van der Waals surface area contributed by atoms with E-state index in [4.69, 9.17) is 10.5 Å². The minimum atomic E-state index is 0.0262. The van der Waals surface area contributed by atoms with Crippen LogP contribution >= 0.6 is 11.3 Å². The van der Waals surface area contributed by atoms with Crippen LogP contribution in [0.15, 0.2) is 24.3 Å². The van der Waals surface area contributed by atoms with Crippen molar-refractivity contribution < 1.29 is 9.53 Å². The molecule has 3 rings (SSSR count). The maximum atomic E-state index is 12.5. The molecule has 19 heavy (non-hydrogen) atoms. The van der Waals surface area contributed by atoms with Crippen LogP contribution in [0.5, 0.6) is 0 Å². The van der Waals surface area contributed by atoms with Crippen LogP contribution in [-0.2, 0) is 4.74 Å². The minimum absolute atomic E-state index is 0.0262. The van der Waals surface area contributed by atoms with E-state index in [1.165, 1.54) is 11.3 Å². The lowest BCUT2D eigenvalue weighted by molar-refractivity contribution is 0.0729. The third-order valence-electron chi connectivity index (χ3n) is 3.59. The molecule has 0 aliphatic carbocycles. The molecule has 0 saturated carbocycles. The van der Waals surface area contributed by atoms with Crippen molar-refractivity contribution in [1.82, 2.24) is 4.90 Å². The molecule has 0 radical (unpaired) electrons. The van der Waals surface area contributed by atoms with Gasteiger partial charge in [0.1, 0.15) is 4.88 Å². The fourth-order valence-electron chi connectivity index (χ4n) is 2.47. The number of carbonyl (C=O) groups excluding carboxylic acids is 1. The van der Waals surface area contributed by atoms with Gasteiger partial charge < -0.3 is 15.4 Å². The van der Waals surface area contributed by atoms with Gasteiger partial charge in [-0.25, -0.2) is 0 Å². The van der Waals surface area contributed by atoms with Crippen LogP contribution in [0.2, 0.25) is 0 Å². The Hall–Kier alpha value is -1.59. The zero-order valence-corrected chi connectivity index (χ0v) is 11.6. The van der Waals surface area contributed by atoms with Crippen molar-refractivity contribution in [2.24, 2.45) is 0 Å². The van der Waals surface area contributed by atoms with E-state index in [1.807, 2.05) is 29.2 Å². The maximum absolute atomic E-state index is 12.5. The molecule has 0 bridgehead atoms. The molecule has 4 nitrogen and oxygen atoms in total. The highest BCUT2D eigenvalue weighted by Crippen LogP contribution is 2.34. The molecule has 2 N–H and O–H groups in total. The second kappa shape index (κ2) is 4.83. The summed E-state index contributed by atoms with van der Waals surface area (Å²) in [6, 6.07) is 7.86. The molecule has 100 valence electrons. The Morgan fingerprint density at radius 1 is 1.47 bits per heavy atom. The SMILES string of the molecule is COC1CCN(C(=O)c2sc3ccccc3c2N)C1. The average Bonchev–Trinajstić information content (AvgIpc) is 3.04. The number of benzene rings is 1. The molecule has 1 saturated heterocycles. The molecule has 1 aromatic heterocycles. The quantitative estimate of drug-likeness (QED) is 0.916. The van der Waals surface area contributed by atoms with Crippen LogP contribution in [0.1, 0.15) is 16.1 Å². The van der Waals surface area contributed by atoms with Gasteiger partial charge in [-0.3, -0.25) is 4.79 Å². The molecule has 1 unspecified atom stereocenters. The number of methoxy groups -OCH3 is 1. The van der Waals surface area contributed by atoms with Gasteiger partial charge in [0.2, 0.25) is 0 Å². The maximum Gasteiger partial charge on any atom is 0.266 e. The fourth-order valence-corrected chi connectivity index (χ4v) is 3.56. The van der Waals surface area contributed by atoms with Crippen molar-refractivity contribution >= 4 is 33.0 Å². The lowest BCUT2D eigenvalue weighted by Crippen LogP contribution is -2.29. The number of likely N-dealkylation sites (tertiary alicyclic amines) is 1. The molecule has 2 heterocycles. The van der Waals surface area contributed by atoms with E-state index in [0.29, 0.717) is 17.1 Å². The standard InChI is InChI=1S/C14H16N2O2S/c1-18-9-6-7-16(8-9)14(17)13-12(15)10-4-2-3-5-11(10)19-13/h2-5,9H,6-8,15H2,1H3. The highest BCUT2D eigenvalue weighted by molar-refractivity contribution is 7.21. The summed E-state index contributed by atoms with van der Waals surface area (Å²) < 4.78 is 6.36. The Bertz CT molecular complexity index is 623. The molecular formula is C14H16N2O2S. The number of hydrogen-bond acceptors (Lipinski definition) is 4. The molecule has 1 amide bonds. The number of amides is 1. The van der Waals surface area contributed by atoms with Crippen molar-refractivity contribution in [1.29, 1.82) is 0 Å². The Balaban J connectivity index is 1.92. The predicted octanol–water partition coefficient (Wildman–Crippen LogP) is 2.34. The largest absolute Gasteiger partial charge is 0.397 e. The summed E-state index contributed by atoms with van der Waals surface area (Å²) in [5.41, 5.74) is 6.71. The number of nitrogens with two attached hydrogens (primary N) is 1. The number of rotatable bonds is 2. The van der Waals surface area contributed by atoms with Crippen LogP contribution in [0.25, 0.3) is 10.1 Å². The van der Waals surface area contributed by atoms with Crippen molar-refractivity contribution in [3.05, 3.63) is 29.1 Å². The summed E-state index contributed by atoms with van der Waals surface area (Å²) in [6.45, 7) is 1.40. The summed E-state index contributed by atoms with van der Waals surface area (Å²) in [5.74, 6) is 0.0262. The van der Waals surface area contributed by atoms with Gasteiger partial charge in [-0.05, 0) is 12.5 Å². The Labute approximate surface area is 115 Å². The van der Waals surface area contributed by atoms with E-state index >= 15 is 0 Å². The van der Waals surface area contributed by atoms with Crippen LogP contribution in [0.3, 0.4) is 0 Å². The van der Waals surface area contributed by atoms with E-state index < -0.39 is 0 Å². The fraction of sp³-hybridized carbons (Fsp3) is 0.357. The second-order valence-electron chi connectivity index (χ2n) is 4.74. The van der Waals surface area contributed by atoms with Crippen molar-refractivity contribution in [3.63, 3.8) is 0 Å². The van der Waals surface area contributed by atoms with Crippen LogP contribution in [0.4, 0.5) is 5.69 Å². The van der Waals surface area contributed by atoms with Gasteiger partial charge in [-0.15, -0.1) is 11.3 Å². The van der Waals surface area contributed by atoms with E-state index in [1.54, 1.807) is 7.11 Å². The molecule has 2 aromatic rings. The monoisotopic (exact) mass is 276 g/mol. The summed E-state index contributed by atoms with van der Waals surface area (Å²) in [6.07, 6.45) is 1.05. The zero-order chi connectivity index (χ0) is 13.4. The first kappa shape index (κ1) is 12.4. The molecule has 5 heteroatoms. The minimum Gasteiger partial charge on any atom is -0.397 e. The van der Waals surface area contributed by atoms with Gasteiger partial charge in [0.25, 0.3) is 5.91 Å². The third kappa shape index (κ3) is 2.09. The summed E-state index contributed by atoms with van der Waals surface area (Å²) >= 11 is 1.47. The predicted molar refractivity (Wildman–Crippen MR) is 77.6 cm³/mol. The number of carbonyl (C=O) groups is 1. The molecule has 0 spiro atoms. The van der Waals surface area contributed by atoms with E-state index in [2.05, 4.69) is 0 Å². The first-order chi connectivity index (χ1) is 9.20. The number of nitrogens with zero attached hydrogens (tertiary/aromatic N) is 1. The van der Waals surface area contributed by atoms with Crippen LogP contribution in [-0.4, -0.2) is 37.1 Å². The van der Waals surface area contributed by atoms with Gasteiger partial charge in [0.05, 0.1) is 11.8 Å². The number of anilines is 1. The van der Waals surface area contributed by atoms with Gasteiger partial charge in [0, 0.05) is 30.3 Å². The van der Waals surface area contributed by atoms with Crippen molar-refractivity contribution in [3.8, 4) is 0 Å². The number of fused-ring (bicyclic) bond motifs is 1. The van der Waals surface area contributed by atoms with Gasteiger partial charge in [-0.1, -0.05) is 18.2 Å². The summed E-state index contributed by atoms with van der Waals surface area (Å²) in [5, 5.41) is 0.971. The lowest BCUT2D eigenvalue weighted by Gasteiger charge is -2.15. The van der Waals surface area contributed by atoms with Crippen molar-refractivity contribution in [2.75, 3.05) is 25.9 Å². The lowest BCUT2D eigenvalue weighted by atomic mass is 10.2. The van der Waals surface area contributed by atoms with Crippen molar-refractivity contribution in [2.45, 2.75) is 12.5 Å². The van der Waals surface area contributed by atoms with E-state index in [0.717, 1.165) is 23.1 Å². The highest BCUT2D eigenvalue weighted by atomic mass is 32.1. The normalized spacial score (nSPS) is 19.2. The smallest absolute Gasteiger partial charge is 0.266 e. The number of thiophene rings is 1. The second-order valence-corrected chi connectivity index (χ2v) is 5.79. The Morgan fingerprint density at radius 3 is 2.95 bits per heavy atom. The van der Waals surface area contributed by atoms with Gasteiger partial charge in [-0.2, -0.15) is 0 Å². The number of hydrogen-bond donors (Lipinski definition) is 1. The Morgan fingerprint density at radius 2 is 2.26 bits per heavy atom. The van der Waals surface area contributed by atoms with Gasteiger partial charge >= 0.3 is 0 Å². The Kier molecular flexibility index (Phi) is 3.16. The van der Waals surface area contributed by atoms with Gasteiger partial charge in [0.15, 0.2) is 0 Å². The third-order valence-corrected chi connectivity index (χ3v) is 4.77. The average molecular weight is 276 g/mol. The molecule has 1 atom stereocenters. The first-order valence-corrected chi connectivity index (χ1v) is 7.11. The molecule has 1 aliphatic heterocycles. The first-order valence-electron chi connectivity index (χ1n) is 6.29. The van der Waals surface area contributed by atoms with E-state index in [-0.39, 0.29) is 12.0 Å². The molecule has 1 fully saturated rings. The summed E-state index contributed by atoms with van der Waals surface area (Å²) in [7, 11) is 1.69. The van der Waals surface area contributed by atoms with Crippen LogP contribution < -0.4 is 5.73 Å². The highest BCUT2D eigenvalue weighted by Gasteiger charge is 2.29. The summed E-state index contributed by atoms with van der Waals surface area (Å²) in [4.78, 5) is 15.0. The molecule has 1 aliphatic rings. The molecular weight excluding hydrogens is 260 g/mol.